The Bertz CT molecular complexity index is 712. The van der Waals surface area contributed by atoms with Gasteiger partial charge in [0.25, 0.3) is 0 Å². The van der Waals surface area contributed by atoms with Gasteiger partial charge in [0.15, 0.2) is 9.84 Å². The van der Waals surface area contributed by atoms with Gasteiger partial charge in [0.05, 0.1) is 17.5 Å². The van der Waals surface area contributed by atoms with Crippen molar-refractivity contribution in [1.82, 2.24) is 10.2 Å². The molecule has 0 unspecified atom stereocenters. The predicted molar refractivity (Wildman–Crippen MR) is 96.6 cm³/mol. The minimum Gasteiger partial charge on any atom is -0.508 e. The van der Waals surface area contributed by atoms with Gasteiger partial charge in [-0.2, -0.15) is 0 Å². The highest BCUT2D eigenvalue weighted by molar-refractivity contribution is 7.91. The van der Waals surface area contributed by atoms with Crippen molar-refractivity contribution in [3.8, 4) is 5.75 Å². The van der Waals surface area contributed by atoms with Crippen molar-refractivity contribution in [2.75, 3.05) is 42.6 Å². The van der Waals surface area contributed by atoms with Crippen molar-refractivity contribution in [2.24, 2.45) is 0 Å². The summed E-state index contributed by atoms with van der Waals surface area (Å²) in [6.45, 7) is 5.01. The molecule has 1 amide bonds. The van der Waals surface area contributed by atoms with Crippen LogP contribution in [-0.4, -0.2) is 74.1 Å². The number of phenols is 1. The Morgan fingerprint density at radius 2 is 1.84 bits per heavy atom. The molecule has 2 atom stereocenters. The van der Waals surface area contributed by atoms with Crippen LogP contribution in [-0.2, 0) is 14.6 Å². The fraction of sp³-hybridized carbons (Fsp3) is 0.588. The highest BCUT2D eigenvalue weighted by Gasteiger charge is 2.32. The highest BCUT2D eigenvalue weighted by atomic mass is 32.2. The molecule has 2 aliphatic rings. The maximum Gasteiger partial charge on any atom is 0.237 e. The smallest absolute Gasteiger partial charge is 0.237 e. The lowest BCUT2D eigenvalue weighted by Crippen LogP contribution is -2.55. The summed E-state index contributed by atoms with van der Waals surface area (Å²) >= 11 is 0. The number of nitrogens with zero attached hydrogens (tertiary/aromatic N) is 2. The molecule has 2 N–H and O–H groups in total. The fourth-order valence-electron chi connectivity index (χ4n) is 3.43. The Morgan fingerprint density at radius 3 is 2.40 bits per heavy atom. The molecule has 138 valence electrons. The average molecular weight is 367 g/mol. The summed E-state index contributed by atoms with van der Waals surface area (Å²) in [7, 11) is -2.99. The molecule has 0 saturated carbocycles. The van der Waals surface area contributed by atoms with Gasteiger partial charge in [0, 0.05) is 37.9 Å². The number of hydrogen-bond donors (Lipinski definition) is 2. The molecule has 2 heterocycles. The molecule has 8 heteroatoms. The molecule has 3 rings (SSSR count). The lowest BCUT2D eigenvalue weighted by atomic mass is 10.1. The highest BCUT2D eigenvalue weighted by Crippen LogP contribution is 2.20. The molecule has 0 spiro atoms. The van der Waals surface area contributed by atoms with E-state index in [9.17, 15) is 18.3 Å². The number of piperazine rings is 1. The van der Waals surface area contributed by atoms with Crippen molar-refractivity contribution in [3.05, 3.63) is 24.3 Å². The molecular weight excluding hydrogens is 342 g/mol. The third kappa shape index (κ3) is 4.43. The van der Waals surface area contributed by atoms with Crippen LogP contribution in [0.25, 0.3) is 0 Å². The monoisotopic (exact) mass is 367 g/mol. The van der Waals surface area contributed by atoms with Crippen LogP contribution in [0.2, 0.25) is 0 Å². The lowest BCUT2D eigenvalue weighted by molar-refractivity contribution is -0.126. The number of aromatic hydroxyl groups is 1. The first-order valence-electron chi connectivity index (χ1n) is 8.63. The van der Waals surface area contributed by atoms with Gasteiger partial charge < -0.3 is 15.3 Å². The molecule has 2 saturated heterocycles. The van der Waals surface area contributed by atoms with Gasteiger partial charge in [-0.1, -0.05) is 0 Å². The number of carbonyl (C=O) groups is 1. The summed E-state index contributed by atoms with van der Waals surface area (Å²) < 4.78 is 23.0. The molecule has 0 bridgehead atoms. The zero-order valence-corrected chi connectivity index (χ0v) is 15.2. The van der Waals surface area contributed by atoms with E-state index in [1.165, 1.54) is 0 Å². The van der Waals surface area contributed by atoms with E-state index >= 15 is 0 Å². The van der Waals surface area contributed by atoms with Crippen LogP contribution >= 0.6 is 0 Å². The maximum atomic E-state index is 12.4. The van der Waals surface area contributed by atoms with E-state index < -0.39 is 9.84 Å². The predicted octanol–water partition coefficient (Wildman–Crippen LogP) is 0.206. The van der Waals surface area contributed by atoms with E-state index in [0.29, 0.717) is 6.42 Å². The van der Waals surface area contributed by atoms with Crippen LogP contribution in [0.1, 0.15) is 13.3 Å². The van der Waals surface area contributed by atoms with Crippen molar-refractivity contribution in [1.29, 1.82) is 0 Å². The van der Waals surface area contributed by atoms with Crippen molar-refractivity contribution in [3.63, 3.8) is 0 Å². The second-order valence-electron chi connectivity index (χ2n) is 6.82. The number of nitrogens with one attached hydrogen (secondary N) is 1. The SMILES string of the molecule is C[C@H](C(=O)N[C@@H]1CCS(=O)(=O)C1)N1CCN(c2ccc(O)cc2)CC1. The third-order valence-corrected chi connectivity index (χ3v) is 6.80. The first-order chi connectivity index (χ1) is 11.8. The zero-order valence-electron chi connectivity index (χ0n) is 14.4. The van der Waals surface area contributed by atoms with Gasteiger partial charge >= 0.3 is 0 Å². The van der Waals surface area contributed by atoms with Crippen molar-refractivity contribution in [2.45, 2.75) is 25.4 Å². The molecule has 0 aliphatic carbocycles. The Morgan fingerprint density at radius 1 is 1.20 bits per heavy atom. The number of benzene rings is 1. The number of phenolic OH excluding ortho intramolecular Hbond substituents is 1. The van der Waals surface area contributed by atoms with Crippen LogP contribution in [0, 0.1) is 0 Å². The van der Waals surface area contributed by atoms with Gasteiger partial charge in [0.1, 0.15) is 5.75 Å². The number of hydrogen-bond acceptors (Lipinski definition) is 6. The largest absolute Gasteiger partial charge is 0.508 e. The summed E-state index contributed by atoms with van der Waals surface area (Å²) in [6.07, 6.45) is 0.509. The van der Waals surface area contributed by atoms with E-state index in [4.69, 9.17) is 0 Å². The van der Waals surface area contributed by atoms with Crippen LogP contribution in [0.15, 0.2) is 24.3 Å². The van der Waals surface area contributed by atoms with Gasteiger partial charge in [-0.15, -0.1) is 0 Å². The third-order valence-electron chi connectivity index (χ3n) is 5.04. The van der Waals surface area contributed by atoms with Gasteiger partial charge in [-0.3, -0.25) is 9.69 Å². The van der Waals surface area contributed by atoms with Gasteiger partial charge in [-0.25, -0.2) is 8.42 Å². The number of anilines is 1. The normalized spacial score (nSPS) is 24.8. The first kappa shape index (κ1) is 18.0. The molecule has 1 aromatic carbocycles. The average Bonchev–Trinajstić information content (AvgIpc) is 2.93. The van der Waals surface area contributed by atoms with Crippen LogP contribution < -0.4 is 10.2 Å². The second kappa shape index (κ2) is 7.21. The number of amides is 1. The number of carbonyl (C=O) groups excluding carboxylic acids is 1. The molecule has 0 aromatic heterocycles. The molecule has 2 fully saturated rings. The van der Waals surface area contributed by atoms with E-state index in [0.717, 1.165) is 31.9 Å². The maximum absolute atomic E-state index is 12.4. The summed E-state index contributed by atoms with van der Waals surface area (Å²) in [6, 6.07) is 6.60. The van der Waals surface area contributed by atoms with Crippen LogP contribution in [0.4, 0.5) is 5.69 Å². The fourth-order valence-corrected chi connectivity index (χ4v) is 5.10. The van der Waals surface area contributed by atoms with Crippen molar-refractivity contribution < 1.29 is 18.3 Å². The lowest BCUT2D eigenvalue weighted by Gasteiger charge is -2.38. The van der Waals surface area contributed by atoms with Crippen LogP contribution in [0.5, 0.6) is 5.75 Å². The molecule has 25 heavy (non-hydrogen) atoms. The molecule has 1 aromatic rings. The number of sulfone groups is 1. The molecular formula is C17H25N3O4S. The topological polar surface area (TPSA) is 90.0 Å². The Kier molecular flexibility index (Phi) is 5.19. The van der Waals surface area contributed by atoms with E-state index in [2.05, 4.69) is 15.1 Å². The van der Waals surface area contributed by atoms with Crippen molar-refractivity contribution >= 4 is 21.4 Å². The summed E-state index contributed by atoms with van der Waals surface area (Å²) in [4.78, 5) is 16.8. The molecule has 0 radical (unpaired) electrons. The standard InChI is InChI=1S/C17H25N3O4S/c1-13(17(22)18-14-6-11-25(23,24)12-14)19-7-9-20(10-8-19)15-2-4-16(21)5-3-15/h2-5,13-14,21H,6-12H2,1H3,(H,18,22)/t13-,14-/m1/s1. The Labute approximate surface area is 148 Å². The summed E-state index contributed by atoms with van der Waals surface area (Å²) in [5, 5.41) is 12.3. The van der Waals surface area contributed by atoms with E-state index in [-0.39, 0.29) is 35.2 Å². The number of rotatable bonds is 4. The first-order valence-corrected chi connectivity index (χ1v) is 10.4. The Hall–Kier alpha value is -1.80. The minimum atomic E-state index is -2.99. The minimum absolute atomic E-state index is 0.0556. The molecule has 2 aliphatic heterocycles. The summed E-state index contributed by atoms with van der Waals surface area (Å²) in [5.74, 6) is 0.374. The van der Waals surface area contributed by atoms with Gasteiger partial charge in [-0.05, 0) is 37.6 Å². The Balaban J connectivity index is 1.50. The van der Waals surface area contributed by atoms with Gasteiger partial charge in [0.2, 0.25) is 5.91 Å². The van der Waals surface area contributed by atoms with E-state index in [1.54, 1.807) is 12.1 Å². The second-order valence-corrected chi connectivity index (χ2v) is 9.05. The summed E-state index contributed by atoms with van der Waals surface area (Å²) in [5.41, 5.74) is 1.06. The molecule has 7 nitrogen and oxygen atoms in total. The van der Waals surface area contributed by atoms with Crippen LogP contribution in [0.3, 0.4) is 0 Å². The zero-order chi connectivity index (χ0) is 18.0. The van der Waals surface area contributed by atoms with E-state index in [1.807, 2.05) is 19.1 Å². The quantitative estimate of drug-likeness (QED) is 0.791.